The molecule has 0 saturated carbocycles. The lowest BCUT2D eigenvalue weighted by Gasteiger charge is -2.19. The summed E-state index contributed by atoms with van der Waals surface area (Å²) in [5, 5.41) is 9.07. The number of carboxylic acid groups (broad SMARTS) is 1. The molecule has 1 aromatic heterocycles. The van der Waals surface area contributed by atoms with Gasteiger partial charge in [-0.25, -0.2) is 9.78 Å². The van der Waals surface area contributed by atoms with Gasteiger partial charge in [-0.2, -0.15) is 11.8 Å². The molecule has 1 aromatic rings. The predicted molar refractivity (Wildman–Crippen MR) is 70.5 cm³/mol. The Morgan fingerprint density at radius 2 is 2.38 bits per heavy atom. The molecular weight excluding hydrogens is 292 g/mol. The van der Waals surface area contributed by atoms with Crippen LogP contribution in [0.2, 0.25) is 0 Å². The zero-order valence-corrected chi connectivity index (χ0v) is 11.5. The standard InChI is InChI=1S/C10H13BrN2O2S/c1-13(3-4-16-2)9-8(10(14)15)5-7(11)6-12-9/h5-6H,3-4H2,1-2H3,(H,14,15). The summed E-state index contributed by atoms with van der Waals surface area (Å²) in [5.41, 5.74) is 0.220. The summed E-state index contributed by atoms with van der Waals surface area (Å²) in [6.45, 7) is 0.774. The van der Waals surface area contributed by atoms with Crippen LogP contribution < -0.4 is 4.90 Å². The van der Waals surface area contributed by atoms with Gasteiger partial charge in [-0.1, -0.05) is 0 Å². The van der Waals surface area contributed by atoms with Crippen molar-refractivity contribution >= 4 is 39.5 Å². The second-order valence-electron chi connectivity index (χ2n) is 3.24. The first kappa shape index (κ1) is 13.3. The largest absolute Gasteiger partial charge is 0.478 e. The summed E-state index contributed by atoms with van der Waals surface area (Å²) in [5.74, 6) is 0.484. The Hall–Kier alpha value is -0.750. The lowest BCUT2D eigenvalue weighted by atomic mass is 10.2. The van der Waals surface area contributed by atoms with E-state index in [0.717, 1.165) is 12.3 Å². The van der Waals surface area contributed by atoms with E-state index >= 15 is 0 Å². The van der Waals surface area contributed by atoms with Gasteiger partial charge in [0, 0.05) is 30.0 Å². The maximum Gasteiger partial charge on any atom is 0.339 e. The topological polar surface area (TPSA) is 53.4 Å². The Balaban J connectivity index is 2.98. The predicted octanol–water partition coefficient (Wildman–Crippen LogP) is 2.34. The van der Waals surface area contributed by atoms with Gasteiger partial charge in [0.25, 0.3) is 0 Å². The van der Waals surface area contributed by atoms with Crippen molar-refractivity contribution in [2.75, 3.05) is 30.5 Å². The van der Waals surface area contributed by atoms with Crippen molar-refractivity contribution in [2.24, 2.45) is 0 Å². The third-order valence-corrected chi connectivity index (χ3v) is 3.08. The molecule has 0 aliphatic rings. The minimum absolute atomic E-state index is 0.220. The van der Waals surface area contributed by atoms with Crippen molar-refractivity contribution in [3.8, 4) is 0 Å². The highest BCUT2D eigenvalue weighted by molar-refractivity contribution is 9.10. The number of carbonyl (C=O) groups is 1. The van der Waals surface area contributed by atoms with Crippen molar-refractivity contribution in [2.45, 2.75) is 0 Å². The first-order valence-corrected chi connectivity index (χ1v) is 6.84. The first-order chi connectivity index (χ1) is 7.56. The molecule has 0 bridgehead atoms. The number of carboxylic acids is 1. The number of nitrogens with zero attached hydrogens (tertiary/aromatic N) is 2. The van der Waals surface area contributed by atoms with Crippen LogP contribution in [-0.2, 0) is 0 Å². The lowest BCUT2D eigenvalue weighted by molar-refractivity contribution is 0.0697. The lowest BCUT2D eigenvalue weighted by Crippen LogP contribution is -2.23. The smallest absolute Gasteiger partial charge is 0.339 e. The summed E-state index contributed by atoms with van der Waals surface area (Å²) in [6, 6.07) is 1.57. The minimum atomic E-state index is -0.959. The number of aromatic nitrogens is 1. The number of pyridine rings is 1. The third-order valence-electron chi connectivity index (χ3n) is 2.06. The fourth-order valence-electron chi connectivity index (χ4n) is 1.23. The van der Waals surface area contributed by atoms with Gasteiger partial charge in [-0.15, -0.1) is 0 Å². The van der Waals surface area contributed by atoms with Crippen LogP contribution in [0.1, 0.15) is 10.4 Å². The number of thioether (sulfide) groups is 1. The summed E-state index contributed by atoms with van der Waals surface area (Å²) < 4.78 is 0.673. The van der Waals surface area contributed by atoms with E-state index in [1.807, 2.05) is 18.2 Å². The van der Waals surface area contributed by atoms with Crippen molar-refractivity contribution < 1.29 is 9.90 Å². The Morgan fingerprint density at radius 1 is 1.69 bits per heavy atom. The molecule has 0 aliphatic carbocycles. The maximum atomic E-state index is 11.1. The highest BCUT2D eigenvalue weighted by Crippen LogP contribution is 2.20. The van der Waals surface area contributed by atoms with E-state index in [1.54, 1.807) is 24.0 Å². The van der Waals surface area contributed by atoms with Crippen molar-refractivity contribution in [1.82, 2.24) is 4.98 Å². The molecule has 0 aliphatic heterocycles. The summed E-state index contributed by atoms with van der Waals surface area (Å²) in [7, 11) is 1.85. The van der Waals surface area contributed by atoms with Crippen LogP contribution in [0.3, 0.4) is 0 Å². The number of anilines is 1. The van der Waals surface area contributed by atoms with Crippen LogP contribution in [0.5, 0.6) is 0 Å². The van der Waals surface area contributed by atoms with Gasteiger partial charge in [-0.3, -0.25) is 0 Å². The number of hydrogen-bond acceptors (Lipinski definition) is 4. The van der Waals surface area contributed by atoms with Crippen LogP contribution >= 0.6 is 27.7 Å². The van der Waals surface area contributed by atoms with Crippen LogP contribution in [0, 0.1) is 0 Å². The Bertz CT molecular complexity index is 387. The Kier molecular flexibility index (Phi) is 5.08. The van der Waals surface area contributed by atoms with E-state index in [9.17, 15) is 4.79 Å². The number of halogens is 1. The highest BCUT2D eigenvalue weighted by atomic mass is 79.9. The molecule has 0 unspecified atom stereocenters. The van der Waals surface area contributed by atoms with Gasteiger partial charge in [0.2, 0.25) is 0 Å². The molecule has 4 nitrogen and oxygen atoms in total. The molecule has 1 heterocycles. The molecular formula is C10H13BrN2O2S. The average Bonchev–Trinajstić information content (AvgIpc) is 2.25. The van der Waals surface area contributed by atoms with Gasteiger partial charge >= 0.3 is 5.97 Å². The summed E-state index contributed by atoms with van der Waals surface area (Å²) >= 11 is 4.93. The van der Waals surface area contributed by atoms with E-state index < -0.39 is 5.97 Å². The van der Waals surface area contributed by atoms with Gasteiger partial charge in [0.1, 0.15) is 11.4 Å². The van der Waals surface area contributed by atoms with Gasteiger partial charge in [0.15, 0.2) is 0 Å². The molecule has 1 N–H and O–H groups in total. The summed E-state index contributed by atoms with van der Waals surface area (Å²) in [4.78, 5) is 17.1. The van der Waals surface area contributed by atoms with Gasteiger partial charge in [0.05, 0.1) is 0 Å². The quantitative estimate of drug-likeness (QED) is 0.905. The normalized spacial score (nSPS) is 10.2. The van der Waals surface area contributed by atoms with Crippen molar-refractivity contribution in [3.63, 3.8) is 0 Å². The van der Waals surface area contributed by atoms with E-state index in [-0.39, 0.29) is 5.56 Å². The maximum absolute atomic E-state index is 11.1. The van der Waals surface area contributed by atoms with E-state index in [0.29, 0.717) is 10.3 Å². The molecule has 0 saturated heterocycles. The van der Waals surface area contributed by atoms with E-state index in [2.05, 4.69) is 20.9 Å². The van der Waals surface area contributed by atoms with Crippen LogP contribution in [0.25, 0.3) is 0 Å². The third kappa shape index (κ3) is 3.38. The molecule has 88 valence electrons. The molecule has 0 atom stereocenters. The molecule has 0 spiro atoms. The molecule has 0 amide bonds. The molecule has 6 heteroatoms. The van der Waals surface area contributed by atoms with Gasteiger partial charge < -0.3 is 10.0 Å². The van der Waals surface area contributed by atoms with Crippen molar-refractivity contribution in [1.29, 1.82) is 0 Å². The molecule has 16 heavy (non-hydrogen) atoms. The molecule has 1 rings (SSSR count). The van der Waals surface area contributed by atoms with E-state index in [1.165, 1.54) is 0 Å². The monoisotopic (exact) mass is 304 g/mol. The fourth-order valence-corrected chi connectivity index (χ4v) is 2.02. The number of aromatic carboxylic acids is 1. The average molecular weight is 305 g/mol. The second-order valence-corrected chi connectivity index (χ2v) is 5.15. The van der Waals surface area contributed by atoms with Crippen LogP contribution in [0.4, 0.5) is 5.82 Å². The zero-order valence-electron chi connectivity index (χ0n) is 9.11. The minimum Gasteiger partial charge on any atom is -0.478 e. The number of hydrogen-bond donors (Lipinski definition) is 1. The molecule has 0 aromatic carbocycles. The Morgan fingerprint density at radius 3 is 2.94 bits per heavy atom. The second kappa shape index (κ2) is 6.10. The zero-order chi connectivity index (χ0) is 12.1. The molecule has 0 radical (unpaired) electrons. The Labute approximate surface area is 107 Å². The van der Waals surface area contributed by atoms with Crippen molar-refractivity contribution in [3.05, 3.63) is 22.3 Å². The first-order valence-electron chi connectivity index (χ1n) is 4.65. The summed E-state index contributed by atoms with van der Waals surface area (Å²) in [6.07, 6.45) is 3.62. The highest BCUT2D eigenvalue weighted by Gasteiger charge is 2.15. The fraction of sp³-hybridized carbons (Fsp3) is 0.400. The molecule has 0 fully saturated rings. The van der Waals surface area contributed by atoms with Crippen LogP contribution in [0.15, 0.2) is 16.7 Å². The SMILES string of the molecule is CSCCN(C)c1ncc(Br)cc1C(=O)O. The van der Waals surface area contributed by atoms with Gasteiger partial charge in [-0.05, 0) is 28.3 Å². The number of rotatable bonds is 5. The van der Waals surface area contributed by atoms with Crippen LogP contribution in [-0.4, -0.2) is 41.7 Å². The van der Waals surface area contributed by atoms with E-state index in [4.69, 9.17) is 5.11 Å².